The molecule has 0 radical (unpaired) electrons. The summed E-state index contributed by atoms with van der Waals surface area (Å²) in [7, 11) is 3.34. The fraction of sp³-hybridized carbons (Fsp3) is 0.625. The molecule has 1 aromatic carbocycles. The van der Waals surface area contributed by atoms with Crippen LogP contribution in [0.3, 0.4) is 0 Å². The van der Waals surface area contributed by atoms with Crippen molar-refractivity contribution < 1.29 is 9.47 Å². The number of nitrogens with one attached hydrogen (secondary N) is 1. The van der Waals surface area contributed by atoms with Crippen molar-refractivity contribution in [2.75, 3.05) is 14.2 Å². The van der Waals surface area contributed by atoms with Crippen LogP contribution in [0.25, 0.3) is 0 Å². The summed E-state index contributed by atoms with van der Waals surface area (Å²) in [5, 5.41) is 3.71. The smallest absolute Gasteiger partial charge is 0.161 e. The van der Waals surface area contributed by atoms with Gasteiger partial charge in [0, 0.05) is 12.1 Å². The van der Waals surface area contributed by atoms with Gasteiger partial charge in [-0.2, -0.15) is 0 Å². The van der Waals surface area contributed by atoms with Crippen molar-refractivity contribution in [2.45, 2.75) is 52.1 Å². The summed E-state index contributed by atoms with van der Waals surface area (Å²) in [6.07, 6.45) is 3.37. The quantitative estimate of drug-likeness (QED) is 0.772. The van der Waals surface area contributed by atoms with Crippen LogP contribution in [-0.4, -0.2) is 20.3 Å². The van der Waals surface area contributed by atoms with E-state index in [0.29, 0.717) is 12.1 Å². The summed E-state index contributed by atoms with van der Waals surface area (Å²) >= 11 is 0. The minimum atomic E-state index is 0.365. The highest BCUT2D eigenvalue weighted by molar-refractivity contribution is 5.43. The van der Waals surface area contributed by atoms with Crippen LogP contribution in [-0.2, 0) is 0 Å². The first-order valence-electron chi connectivity index (χ1n) is 7.17. The summed E-state index contributed by atoms with van der Waals surface area (Å²) in [6, 6.07) is 7.10. The second kappa shape index (κ2) is 8.05. The molecule has 0 aromatic heterocycles. The lowest BCUT2D eigenvalue weighted by Crippen LogP contribution is -2.31. The summed E-state index contributed by atoms with van der Waals surface area (Å²) < 4.78 is 10.7. The SMILES string of the molecule is CCC(CC)NC(CC)c1ccc(OC)c(OC)c1. The minimum absolute atomic E-state index is 0.365. The molecule has 1 unspecified atom stereocenters. The summed E-state index contributed by atoms with van der Waals surface area (Å²) in [4.78, 5) is 0. The molecule has 0 aliphatic heterocycles. The fourth-order valence-corrected chi connectivity index (χ4v) is 2.33. The van der Waals surface area contributed by atoms with Crippen LogP contribution >= 0.6 is 0 Å². The van der Waals surface area contributed by atoms with E-state index in [1.807, 2.05) is 6.07 Å². The monoisotopic (exact) mass is 265 g/mol. The zero-order chi connectivity index (χ0) is 14.3. The normalized spacial score (nSPS) is 12.5. The Morgan fingerprint density at radius 3 is 2.05 bits per heavy atom. The molecule has 1 rings (SSSR count). The predicted octanol–water partition coefficient (Wildman–Crippen LogP) is 3.93. The van der Waals surface area contributed by atoms with Gasteiger partial charge in [0.1, 0.15) is 0 Å². The molecule has 0 spiro atoms. The topological polar surface area (TPSA) is 30.5 Å². The van der Waals surface area contributed by atoms with E-state index >= 15 is 0 Å². The van der Waals surface area contributed by atoms with Crippen LogP contribution in [0.4, 0.5) is 0 Å². The average molecular weight is 265 g/mol. The van der Waals surface area contributed by atoms with Gasteiger partial charge in [0.25, 0.3) is 0 Å². The molecule has 3 heteroatoms. The Morgan fingerprint density at radius 1 is 0.947 bits per heavy atom. The molecule has 0 amide bonds. The Labute approximate surface area is 117 Å². The van der Waals surface area contributed by atoms with Crippen LogP contribution < -0.4 is 14.8 Å². The van der Waals surface area contributed by atoms with E-state index in [4.69, 9.17) is 9.47 Å². The van der Waals surface area contributed by atoms with Crippen molar-refractivity contribution in [3.63, 3.8) is 0 Å². The van der Waals surface area contributed by atoms with Crippen LogP contribution in [0.15, 0.2) is 18.2 Å². The largest absolute Gasteiger partial charge is 0.493 e. The van der Waals surface area contributed by atoms with Gasteiger partial charge in [-0.3, -0.25) is 0 Å². The van der Waals surface area contributed by atoms with Crippen molar-refractivity contribution in [3.8, 4) is 11.5 Å². The number of hydrogen-bond donors (Lipinski definition) is 1. The Kier molecular flexibility index (Phi) is 6.71. The molecule has 0 saturated carbocycles. The molecule has 3 nitrogen and oxygen atoms in total. The van der Waals surface area contributed by atoms with Gasteiger partial charge in [-0.15, -0.1) is 0 Å². The van der Waals surface area contributed by atoms with Crippen LogP contribution in [0, 0.1) is 0 Å². The molecule has 0 fully saturated rings. The first-order chi connectivity index (χ1) is 9.19. The minimum Gasteiger partial charge on any atom is -0.493 e. The zero-order valence-corrected chi connectivity index (χ0v) is 12.8. The van der Waals surface area contributed by atoms with Crippen molar-refractivity contribution in [3.05, 3.63) is 23.8 Å². The second-order valence-corrected chi connectivity index (χ2v) is 4.76. The number of benzene rings is 1. The molecular formula is C16H27NO2. The highest BCUT2D eigenvalue weighted by atomic mass is 16.5. The first-order valence-corrected chi connectivity index (χ1v) is 7.17. The Morgan fingerprint density at radius 2 is 1.58 bits per heavy atom. The number of hydrogen-bond acceptors (Lipinski definition) is 3. The average Bonchev–Trinajstić information content (AvgIpc) is 2.48. The van der Waals surface area contributed by atoms with Crippen molar-refractivity contribution in [2.24, 2.45) is 0 Å². The highest BCUT2D eigenvalue weighted by Gasteiger charge is 2.15. The van der Waals surface area contributed by atoms with Crippen molar-refractivity contribution >= 4 is 0 Å². The zero-order valence-electron chi connectivity index (χ0n) is 12.8. The Hall–Kier alpha value is -1.22. The lowest BCUT2D eigenvalue weighted by Gasteiger charge is -2.24. The van der Waals surface area contributed by atoms with E-state index in [1.165, 1.54) is 5.56 Å². The molecular weight excluding hydrogens is 238 g/mol. The summed E-state index contributed by atoms with van der Waals surface area (Å²) in [5.41, 5.74) is 1.26. The van der Waals surface area contributed by atoms with Gasteiger partial charge in [0.2, 0.25) is 0 Å². The van der Waals surface area contributed by atoms with E-state index in [-0.39, 0.29) is 0 Å². The standard InChI is InChI=1S/C16H27NO2/c1-6-13(7-2)17-14(8-3)12-9-10-15(18-4)16(11-12)19-5/h9-11,13-14,17H,6-8H2,1-5H3. The van der Waals surface area contributed by atoms with E-state index in [2.05, 4.69) is 38.2 Å². The molecule has 0 aliphatic carbocycles. The van der Waals surface area contributed by atoms with E-state index in [0.717, 1.165) is 30.8 Å². The van der Waals surface area contributed by atoms with Crippen molar-refractivity contribution in [1.82, 2.24) is 5.32 Å². The number of methoxy groups -OCH3 is 2. The molecule has 1 atom stereocenters. The predicted molar refractivity (Wildman–Crippen MR) is 80.1 cm³/mol. The van der Waals surface area contributed by atoms with E-state index in [9.17, 15) is 0 Å². The molecule has 1 N–H and O–H groups in total. The Balaban J connectivity index is 2.92. The first kappa shape index (κ1) is 15.8. The maximum atomic E-state index is 5.38. The molecule has 0 heterocycles. The van der Waals surface area contributed by atoms with Crippen molar-refractivity contribution in [1.29, 1.82) is 0 Å². The van der Waals surface area contributed by atoms with Gasteiger partial charge in [-0.1, -0.05) is 26.8 Å². The van der Waals surface area contributed by atoms with E-state index < -0.39 is 0 Å². The third kappa shape index (κ3) is 4.13. The second-order valence-electron chi connectivity index (χ2n) is 4.76. The highest BCUT2D eigenvalue weighted by Crippen LogP contribution is 2.31. The fourth-order valence-electron chi connectivity index (χ4n) is 2.33. The van der Waals surface area contributed by atoms with Crippen LogP contribution in [0.2, 0.25) is 0 Å². The Bertz CT molecular complexity index is 375. The summed E-state index contributed by atoms with van der Waals surface area (Å²) in [6.45, 7) is 6.65. The van der Waals surface area contributed by atoms with Gasteiger partial charge >= 0.3 is 0 Å². The lowest BCUT2D eigenvalue weighted by atomic mass is 10.0. The molecule has 0 aliphatic rings. The maximum absolute atomic E-state index is 5.38. The van der Waals surface area contributed by atoms with Gasteiger partial charge in [0.05, 0.1) is 14.2 Å². The van der Waals surface area contributed by atoms with Crippen LogP contribution in [0.5, 0.6) is 11.5 Å². The van der Waals surface area contributed by atoms with Gasteiger partial charge in [0.15, 0.2) is 11.5 Å². The maximum Gasteiger partial charge on any atom is 0.161 e. The lowest BCUT2D eigenvalue weighted by molar-refractivity contribution is 0.352. The summed E-state index contributed by atoms with van der Waals surface area (Å²) in [5.74, 6) is 1.58. The van der Waals surface area contributed by atoms with Crippen LogP contribution in [0.1, 0.15) is 51.6 Å². The van der Waals surface area contributed by atoms with Gasteiger partial charge in [-0.05, 0) is 37.0 Å². The molecule has 0 bridgehead atoms. The number of rotatable bonds is 8. The molecule has 1 aromatic rings. The molecule has 108 valence electrons. The molecule has 0 saturated heterocycles. The third-order valence-corrected chi connectivity index (χ3v) is 3.64. The van der Waals surface area contributed by atoms with E-state index in [1.54, 1.807) is 14.2 Å². The third-order valence-electron chi connectivity index (χ3n) is 3.64. The van der Waals surface area contributed by atoms with Gasteiger partial charge in [-0.25, -0.2) is 0 Å². The number of ether oxygens (including phenoxy) is 2. The molecule has 19 heavy (non-hydrogen) atoms. The van der Waals surface area contributed by atoms with Gasteiger partial charge < -0.3 is 14.8 Å².